The highest BCUT2D eigenvalue weighted by atomic mass is 32.2. The average Bonchev–Trinajstić information content (AvgIpc) is 2.51. The molecule has 0 aliphatic heterocycles. The highest BCUT2D eigenvalue weighted by Gasteiger charge is 2.27. The van der Waals surface area contributed by atoms with Crippen LogP contribution in [0.5, 0.6) is 0 Å². The molecular weight excluding hydrogens is 328 g/mol. The summed E-state index contributed by atoms with van der Waals surface area (Å²) >= 11 is 0. The number of rotatable bonds is 3. The summed E-state index contributed by atoms with van der Waals surface area (Å²) in [5.74, 6) is 0. The minimum absolute atomic E-state index is 0.0339. The largest absolute Gasteiger partial charge is 0.392 e. The highest BCUT2D eigenvalue weighted by Crippen LogP contribution is 2.37. The lowest BCUT2D eigenvalue weighted by atomic mass is 9.79. The van der Waals surface area contributed by atoms with Crippen LogP contribution in [0.3, 0.4) is 0 Å². The van der Waals surface area contributed by atoms with E-state index in [1.165, 1.54) is 0 Å². The molecular formula is C22H30O2S. The standard InChI is InChI=1S/C22H30O2S/c1-15-8-10-18(11-9-15)25(24)20-16(14-23)12-17(21(2,3)4)13-19(20)22(5,6)7/h8-13,23H,14H2,1-7H3/t25-/m1/s1. The van der Waals surface area contributed by atoms with Crippen LogP contribution in [0.15, 0.2) is 46.2 Å². The molecule has 136 valence electrons. The first-order chi connectivity index (χ1) is 11.4. The molecule has 0 aliphatic carbocycles. The van der Waals surface area contributed by atoms with Gasteiger partial charge < -0.3 is 5.11 Å². The topological polar surface area (TPSA) is 37.3 Å². The van der Waals surface area contributed by atoms with E-state index in [-0.39, 0.29) is 17.4 Å². The van der Waals surface area contributed by atoms with Gasteiger partial charge in [0.2, 0.25) is 0 Å². The van der Waals surface area contributed by atoms with Crippen molar-refractivity contribution in [2.45, 2.75) is 75.7 Å². The normalized spacial score (nSPS) is 13.8. The van der Waals surface area contributed by atoms with Crippen molar-refractivity contribution in [2.75, 3.05) is 0 Å². The fourth-order valence-corrected chi connectivity index (χ4v) is 4.34. The molecule has 0 unspecified atom stereocenters. The molecule has 0 heterocycles. The van der Waals surface area contributed by atoms with Crippen LogP contribution >= 0.6 is 0 Å². The van der Waals surface area contributed by atoms with E-state index in [2.05, 4.69) is 47.6 Å². The van der Waals surface area contributed by atoms with Crippen molar-refractivity contribution in [1.82, 2.24) is 0 Å². The maximum absolute atomic E-state index is 13.4. The second kappa shape index (κ2) is 7.05. The van der Waals surface area contributed by atoms with Crippen molar-refractivity contribution < 1.29 is 9.32 Å². The Labute approximate surface area is 154 Å². The fraction of sp³-hybridized carbons (Fsp3) is 0.455. The molecule has 1 atom stereocenters. The number of benzene rings is 2. The van der Waals surface area contributed by atoms with Crippen LogP contribution in [0.25, 0.3) is 0 Å². The van der Waals surface area contributed by atoms with Crippen LogP contribution in [0.2, 0.25) is 0 Å². The quantitative estimate of drug-likeness (QED) is 0.814. The number of aliphatic hydroxyl groups is 1. The summed E-state index contributed by atoms with van der Waals surface area (Å²) < 4.78 is 13.4. The Hall–Kier alpha value is -1.45. The molecule has 0 amide bonds. The van der Waals surface area contributed by atoms with Gasteiger partial charge in [0.1, 0.15) is 0 Å². The molecule has 0 spiro atoms. The van der Waals surface area contributed by atoms with Gasteiger partial charge in [0.05, 0.1) is 22.3 Å². The lowest BCUT2D eigenvalue weighted by molar-refractivity contribution is 0.277. The molecule has 0 fully saturated rings. The van der Waals surface area contributed by atoms with Gasteiger partial charge in [-0.3, -0.25) is 0 Å². The Balaban J connectivity index is 2.74. The lowest BCUT2D eigenvalue weighted by Gasteiger charge is -2.29. The first kappa shape index (κ1) is 19.9. The summed E-state index contributed by atoms with van der Waals surface area (Å²) in [6.07, 6.45) is 0. The summed E-state index contributed by atoms with van der Waals surface area (Å²) in [5.41, 5.74) is 3.90. The summed E-state index contributed by atoms with van der Waals surface area (Å²) in [6, 6.07) is 12.0. The van der Waals surface area contributed by atoms with Crippen molar-refractivity contribution in [2.24, 2.45) is 0 Å². The van der Waals surface area contributed by atoms with Crippen molar-refractivity contribution in [3.63, 3.8) is 0 Å². The zero-order valence-electron chi connectivity index (χ0n) is 16.4. The Morgan fingerprint density at radius 2 is 1.48 bits per heavy atom. The third-order valence-corrected chi connectivity index (χ3v) is 5.98. The lowest BCUT2D eigenvalue weighted by Crippen LogP contribution is -2.20. The minimum atomic E-state index is -1.32. The molecule has 3 heteroatoms. The van der Waals surface area contributed by atoms with Crippen LogP contribution in [-0.4, -0.2) is 9.32 Å². The minimum Gasteiger partial charge on any atom is -0.392 e. The van der Waals surface area contributed by atoms with Crippen molar-refractivity contribution in [3.05, 3.63) is 58.7 Å². The maximum atomic E-state index is 13.4. The Kier molecular flexibility index (Phi) is 5.60. The molecule has 0 radical (unpaired) electrons. The zero-order valence-corrected chi connectivity index (χ0v) is 17.3. The second-order valence-electron chi connectivity index (χ2n) is 8.75. The monoisotopic (exact) mass is 358 g/mol. The van der Waals surface area contributed by atoms with Gasteiger partial charge in [-0.05, 0) is 46.6 Å². The summed E-state index contributed by atoms with van der Waals surface area (Å²) in [7, 11) is -1.32. The van der Waals surface area contributed by atoms with Crippen molar-refractivity contribution in [3.8, 4) is 0 Å². The van der Waals surface area contributed by atoms with E-state index in [0.29, 0.717) is 0 Å². The van der Waals surface area contributed by atoms with E-state index in [1.54, 1.807) is 0 Å². The maximum Gasteiger partial charge on any atom is 0.0856 e. The van der Waals surface area contributed by atoms with Gasteiger partial charge >= 0.3 is 0 Å². The van der Waals surface area contributed by atoms with Crippen molar-refractivity contribution >= 4 is 10.8 Å². The molecule has 1 N–H and O–H groups in total. The van der Waals surface area contributed by atoms with Gasteiger partial charge in [-0.25, -0.2) is 4.21 Å². The molecule has 2 aromatic carbocycles. The molecule has 25 heavy (non-hydrogen) atoms. The van der Waals surface area contributed by atoms with E-state index in [9.17, 15) is 9.32 Å². The Bertz CT molecular complexity index is 775. The average molecular weight is 359 g/mol. The first-order valence-electron chi connectivity index (χ1n) is 8.72. The summed E-state index contributed by atoms with van der Waals surface area (Å²) in [6.45, 7) is 14.8. The van der Waals surface area contributed by atoms with E-state index in [1.807, 2.05) is 37.3 Å². The van der Waals surface area contributed by atoms with Gasteiger partial charge in [0.25, 0.3) is 0 Å². The van der Waals surface area contributed by atoms with E-state index >= 15 is 0 Å². The SMILES string of the molecule is Cc1ccc([S@@](=O)c2c(CO)cc(C(C)(C)C)cc2C(C)(C)C)cc1. The third-order valence-electron chi connectivity index (χ3n) is 4.43. The number of aryl methyl sites for hydroxylation is 1. The molecule has 2 rings (SSSR count). The number of hydrogen-bond acceptors (Lipinski definition) is 2. The smallest absolute Gasteiger partial charge is 0.0856 e. The predicted molar refractivity (Wildman–Crippen MR) is 106 cm³/mol. The molecule has 2 nitrogen and oxygen atoms in total. The molecule has 0 bridgehead atoms. The van der Waals surface area contributed by atoms with Crippen LogP contribution in [0.1, 0.15) is 63.8 Å². The molecule has 0 aliphatic rings. The van der Waals surface area contributed by atoms with Gasteiger partial charge in [0, 0.05) is 4.90 Å². The van der Waals surface area contributed by atoms with Gasteiger partial charge in [0.15, 0.2) is 0 Å². The van der Waals surface area contributed by atoms with Crippen LogP contribution in [0.4, 0.5) is 0 Å². The Morgan fingerprint density at radius 3 is 1.92 bits per heavy atom. The summed E-state index contributed by atoms with van der Waals surface area (Å²) in [4.78, 5) is 1.53. The Morgan fingerprint density at radius 1 is 0.920 bits per heavy atom. The number of aliphatic hydroxyl groups excluding tert-OH is 1. The zero-order chi connectivity index (χ0) is 19.0. The predicted octanol–water partition coefficient (Wildman–Crippen LogP) is 5.25. The van der Waals surface area contributed by atoms with Gasteiger partial charge in [-0.1, -0.05) is 71.4 Å². The first-order valence-corrected chi connectivity index (χ1v) is 9.87. The number of hydrogen-bond donors (Lipinski definition) is 1. The van der Waals surface area contributed by atoms with Gasteiger partial charge in [-0.15, -0.1) is 0 Å². The van der Waals surface area contributed by atoms with E-state index in [4.69, 9.17) is 0 Å². The molecule has 2 aromatic rings. The van der Waals surface area contributed by atoms with E-state index in [0.717, 1.165) is 32.0 Å². The highest BCUT2D eigenvalue weighted by molar-refractivity contribution is 7.85. The van der Waals surface area contributed by atoms with E-state index < -0.39 is 10.8 Å². The second-order valence-corrected chi connectivity index (χ2v) is 10.2. The van der Waals surface area contributed by atoms with Crippen LogP contribution in [0, 0.1) is 6.92 Å². The van der Waals surface area contributed by atoms with Crippen molar-refractivity contribution in [1.29, 1.82) is 0 Å². The third kappa shape index (κ3) is 4.39. The fourth-order valence-electron chi connectivity index (χ4n) is 2.80. The molecule has 0 saturated carbocycles. The summed E-state index contributed by atoms with van der Waals surface area (Å²) in [5, 5.41) is 10.0. The molecule has 0 aromatic heterocycles. The van der Waals surface area contributed by atoms with Crippen LogP contribution in [-0.2, 0) is 28.2 Å². The molecule has 0 saturated heterocycles. The van der Waals surface area contributed by atoms with Gasteiger partial charge in [-0.2, -0.15) is 0 Å². The van der Waals surface area contributed by atoms with Crippen LogP contribution < -0.4 is 0 Å².